The van der Waals surface area contributed by atoms with Gasteiger partial charge in [0.1, 0.15) is 0 Å². The molecule has 100 valence electrons. The second-order valence-electron chi connectivity index (χ2n) is 3.43. The van der Waals surface area contributed by atoms with Crippen LogP contribution in [0.5, 0.6) is 0 Å². The highest BCUT2D eigenvalue weighted by Gasteiger charge is 2.19. The van der Waals surface area contributed by atoms with Crippen molar-refractivity contribution in [1.82, 2.24) is 15.0 Å². The van der Waals surface area contributed by atoms with Crippen molar-refractivity contribution in [3.8, 4) is 0 Å². The van der Waals surface area contributed by atoms with Crippen molar-refractivity contribution in [1.29, 1.82) is 0 Å². The number of pyridine rings is 1. The van der Waals surface area contributed by atoms with Crippen LogP contribution < -0.4 is 15.4 Å². The molecule has 1 heterocycles. The Hall–Kier alpha value is -1.67. The molecule has 0 fully saturated rings. The summed E-state index contributed by atoms with van der Waals surface area (Å²) in [5, 5.41) is 5.08. The number of carbonyl (C=O) groups is 1. The Morgan fingerprint density at radius 1 is 1.39 bits per heavy atom. The van der Waals surface area contributed by atoms with Crippen molar-refractivity contribution < 1.29 is 13.2 Å². The van der Waals surface area contributed by atoms with E-state index in [1.807, 2.05) is 0 Å². The summed E-state index contributed by atoms with van der Waals surface area (Å²) in [5.74, 6) is -0.229. The first kappa shape index (κ1) is 14.4. The Kier molecular flexibility index (Phi) is 5.05. The summed E-state index contributed by atoms with van der Waals surface area (Å²) < 4.78 is 26.2. The number of amides is 1. The van der Waals surface area contributed by atoms with Crippen molar-refractivity contribution >= 4 is 21.6 Å². The Labute approximate surface area is 106 Å². The molecule has 0 saturated heterocycles. The van der Waals surface area contributed by atoms with E-state index >= 15 is 0 Å². The SMILES string of the molecule is CNC(=O)CCNS(=O)(=O)c1ncccc1NC. The standard InChI is InChI=1S/C10H16N4O3S/c1-11-8-4-3-6-13-10(8)18(16,17)14-7-5-9(15)12-2/h3-4,6,11,14H,5,7H2,1-2H3,(H,12,15). The van der Waals surface area contributed by atoms with Gasteiger partial charge in [0, 0.05) is 33.3 Å². The third-order valence-corrected chi connectivity index (χ3v) is 3.64. The summed E-state index contributed by atoms with van der Waals surface area (Å²) in [4.78, 5) is 14.8. The van der Waals surface area contributed by atoms with Gasteiger partial charge in [0.2, 0.25) is 5.91 Å². The average molecular weight is 272 g/mol. The van der Waals surface area contributed by atoms with Crippen molar-refractivity contribution in [3.05, 3.63) is 18.3 Å². The summed E-state index contributed by atoms with van der Waals surface area (Å²) in [5.41, 5.74) is 0.407. The third-order valence-electron chi connectivity index (χ3n) is 2.22. The van der Waals surface area contributed by atoms with E-state index in [-0.39, 0.29) is 23.9 Å². The van der Waals surface area contributed by atoms with Gasteiger partial charge in [0.25, 0.3) is 10.0 Å². The normalized spacial score (nSPS) is 11.0. The topological polar surface area (TPSA) is 100 Å². The quantitative estimate of drug-likeness (QED) is 0.650. The van der Waals surface area contributed by atoms with E-state index in [1.165, 1.54) is 13.2 Å². The molecule has 0 aromatic carbocycles. The van der Waals surface area contributed by atoms with Crippen LogP contribution in [0.3, 0.4) is 0 Å². The number of nitrogens with zero attached hydrogens (tertiary/aromatic N) is 1. The summed E-state index contributed by atoms with van der Waals surface area (Å²) >= 11 is 0. The highest BCUT2D eigenvalue weighted by atomic mass is 32.2. The van der Waals surface area contributed by atoms with Gasteiger partial charge >= 0.3 is 0 Å². The molecule has 3 N–H and O–H groups in total. The number of hydrogen-bond donors (Lipinski definition) is 3. The Morgan fingerprint density at radius 2 is 2.11 bits per heavy atom. The van der Waals surface area contributed by atoms with Crippen molar-refractivity contribution in [3.63, 3.8) is 0 Å². The number of aromatic nitrogens is 1. The molecule has 1 rings (SSSR count). The van der Waals surface area contributed by atoms with E-state index < -0.39 is 10.0 Å². The van der Waals surface area contributed by atoms with Crippen LogP contribution in [0.15, 0.2) is 23.4 Å². The lowest BCUT2D eigenvalue weighted by Crippen LogP contribution is -2.30. The van der Waals surface area contributed by atoms with Gasteiger partial charge in [-0.15, -0.1) is 0 Å². The zero-order valence-electron chi connectivity index (χ0n) is 10.2. The van der Waals surface area contributed by atoms with Gasteiger partial charge in [-0.25, -0.2) is 18.1 Å². The highest BCUT2D eigenvalue weighted by molar-refractivity contribution is 7.89. The Bertz CT molecular complexity index is 516. The minimum atomic E-state index is -3.71. The molecule has 7 nitrogen and oxygen atoms in total. The second-order valence-corrected chi connectivity index (χ2v) is 5.11. The van der Waals surface area contributed by atoms with Crippen LogP contribution in [0.1, 0.15) is 6.42 Å². The number of nitrogens with one attached hydrogen (secondary N) is 3. The number of hydrogen-bond acceptors (Lipinski definition) is 5. The van der Waals surface area contributed by atoms with Crippen LogP contribution in [-0.2, 0) is 14.8 Å². The van der Waals surface area contributed by atoms with Crippen molar-refractivity contribution in [2.24, 2.45) is 0 Å². The highest BCUT2D eigenvalue weighted by Crippen LogP contribution is 2.16. The Balaban J connectivity index is 2.77. The maximum atomic E-state index is 11.9. The van der Waals surface area contributed by atoms with Crippen LogP contribution >= 0.6 is 0 Å². The van der Waals surface area contributed by atoms with E-state index in [4.69, 9.17) is 0 Å². The lowest BCUT2D eigenvalue weighted by Gasteiger charge is -2.09. The van der Waals surface area contributed by atoms with E-state index in [2.05, 4.69) is 20.3 Å². The molecule has 0 aliphatic heterocycles. The molecule has 1 aromatic heterocycles. The fraction of sp³-hybridized carbons (Fsp3) is 0.400. The maximum Gasteiger partial charge on any atom is 0.260 e. The first-order chi connectivity index (χ1) is 8.51. The lowest BCUT2D eigenvalue weighted by atomic mass is 10.4. The lowest BCUT2D eigenvalue weighted by molar-refractivity contribution is -0.120. The molecule has 0 aliphatic carbocycles. The smallest absolute Gasteiger partial charge is 0.260 e. The van der Waals surface area contributed by atoms with Crippen LogP contribution in [0.4, 0.5) is 5.69 Å². The zero-order valence-corrected chi connectivity index (χ0v) is 11.0. The average Bonchev–Trinajstić information content (AvgIpc) is 2.38. The molecule has 0 radical (unpaired) electrons. The first-order valence-corrected chi connectivity index (χ1v) is 6.82. The summed E-state index contributed by atoms with van der Waals surface area (Å²) in [6, 6.07) is 3.25. The molecule has 8 heteroatoms. The predicted molar refractivity (Wildman–Crippen MR) is 67.7 cm³/mol. The van der Waals surface area contributed by atoms with Gasteiger partial charge in [0.15, 0.2) is 5.03 Å². The maximum absolute atomic E-state index is 11.9. The third kappa shape index (κ3) is 3.67. The molecule has 0 atom stereocenters. The molecule has 0 spiro atoms. The van der Waals surface area contributed by atoms with Gasteiger partial charge in [-0.3, -0.25) is 4.79 Å². The Morgan fingerprint density at radius 3 is 2.72 bits per heavy atom. The number of sulfonamides is 1. The number of anilines is 1. The van der Waals surface area contributed by atoms with Crippen molar-refractivity contribution in [2.75, 3.05) is 26.0 Å². The molecule has 0 aliphatic rings. The van der Waals surface area contributed by atoms with E-state index in [0.29, 0.717) is 5.69 Å². The summed E-state index contributed by atoms with van der Waals surface area (Å²) in [7, 11) is -0.604. The van der Waals surface area contributed by atoms with Gasteiger partial charge in [-0.1, -0.05) is 0 Å². The van der Waals surface area contributed by atoms with Crippen LogP contribution in [0.2, 0.25) is 0 Å². The molecular formula is C10H16N4O3S. The van der Waals surface area contributed by atoms with Gasteiger partial charge in [0.05, 0.1) is 5.69 Å². The molecule has 0 saturated carbocycles. The van der Waals surface area contributed by atoms with Crippen LogP contribution in [0.25, 0.3) is 0 Å². The minimum absolute atomic E-state index is 0.0295. The van der Waals surface area contributed by atoms with E-state index in [9.17, 15) is 13.2 Å². The van der Waals surface area contributed by atoms with Crippen LogP contribution in [-0.4, -0.2) is 39.9 Å². The van der Waals surface area contributed by atoms with Gasteiger partial charge in [-0.2, -0.15) is 0 Å². The molecule has 18 heavy (non-hydrogen) atoms. The molecule has 1 amide bonds. The molecule has 0 unspecified atom stereocenters. The first-order valence-electron chi connectivity index (χ1n) is 5.34. The number of carbonyl (C=O) groups excluding carboxylic acids is 1. The monoisotopic (exact) mass is 272 g/mol. The predicted octanol–water partition coefficient (Wildman–Crippen LogP) is -0.462. The van der Waals surface area contributed by atoms with Gasteiger partial charge in [-0.05, 0) is 12.1 Å². The van der Waals surface area contributed by atoms with E-state index in [0.717, 1.165) is 0 Å². The fourth-order valence-electron chi connectivity index (χ4n) is 1.29. The summed E-state index contributed by atoms with van der Waals surface area (Å²) in [6.45, 7) is 0.0295. The molecular weight excluding hydrogens is 256 g/mol. The van der Waals surface area contributed by atoms with E-state index in [1.54, 1.807) is 19.2 Å². The fourth-order valence-corrected chi connectivity index (χ4v) is 2.45. The second kappa shape index (κ2) is 6.31. The molecule has 0 bridgehead atoms. The molecule has 1 aromatic rings. The largest absolute Gasteiger partial charge is 0.386 e. The number of rotatable bonds is 6. The van der Waals surface area contributed by atoms with Crippen LogP contribution in [0, 0.1) is 0 Å². The van der Waals surface area contributed by atoms with Crippen molar-refractivity contribution in [2.45, 2.75) is 11.4 Å². The van der Waals surface area contributed by atoms with Gasteiger partial charge < -0.3 is 10.6 Å². The zero-order chi connectivity index (χ0) is 13.6. The summed E-state index contributed by atoms with van der Waals surface area (Å²) in [6.07, 6.45) is 1.48. The minimum Gasteiger partial charge on any atom is -0.386 e.